The summed E-state index contributed by atoms with van der Waals surface area (Å²) in [4.78, 5) is 20.8. The number of hydrogen-bond acceptors (Lipinski definition) is 8. The number of carbonyl (C=O) groups is 1. The highest BCUT2D eigenvalue weighted by molar-refractivity contribution is 7.18. The van der Waals surface area contributed by atoms with E-state index in [1.807, 2.05) is 42.5 Å². The zero-order valence-corrected chi connectivity index (χ0v) is 18.3. The van der Waals surface area contributed by atoms with Gasteiger partial charge in [0.1, 0.15) is 10.6 Å². The topological polar surface area (TPSA) is 110 Å². The normalized spacial score (nSPS) is 12.2. The number of anilines is 1. The highest BCUT2D eigenvalue weighted by atomic mass is 32.1. The molecule has 32 heavy (non-hydrogen) atoms. The lowest BCUT2D eigenvalue weighted by Gasteiger charge is -2.29. The molecule has 4 aromatic rings. The molecule has 162 valence electrons. The molecule has 1 atom stereocenters. The van der Waals surface area contributed by atoms with Crippen LogP contribution in [0.5, 0.6) is 5.88 Å². The molecule has 0 aliphatic rings. The Kier molecular flexibility index (Phi) is 6.20. The summed E-state index contributed by atoms with van der Waals surface area (Å²) >= 11 is 1.27. The molecule has 0 bridgehead atoms. The van der Waals surface area contributed by atoms with E-state index >= 15 is 0 Å². The van der Waals surface area contributed by atoms with Crippen LogP contribution in [-0.2, 0) is 0 Å². The first kappa shape index (κ1) is 21.5. The maximum absolute atomic E-state index is 12.6. The van der Waals surface area contributed by atoms with Crippen molar-refractivity contribution in [1.82, 2.24) is 20.2 Å². The number of nitrogens with zero attached hydrogens (tertiary/aromatic N) is 4. The molecule has 2 N–H and O–H groups in total. The van der Waals surface area contributed by atoms with Crippen LogP contribution in [0.15, 0.2) is 73.2 Å². The van der Waals surface area contributed by atoms with Gasteiger partial charge in [0.2, 0.25) is 11.0 Å². The molecule has 0 radical (unpaired) electrons. The summed E-state index contributed by atoms with van der Waals surface area (Å²) < 4.78 is 5.95. The number of amides is 1. The first-order valence-electron chi connectivity index (χ1n) is 9.85. The molecular formula is C23H21N5O3S. The van der Waals surface area contributed by atoms with Gasteiger partial charge in [-0.1, -0.05) is 41.7 Å². The third-order valence-electron chi connectivity index (χ3n) is 4.55. The van der Waals surface area contributed by atoms with E-state index < -0.39 is 11.7 Å². The van der Waals surface area contributed by atoms with Crippen LogP contribution in [-0.4, -0.2) is 36.8 Å². The monoisotopic (exact) mass is 447 g/mol. The van der Waals surface area contributed by atoms with E-state index in [0.717, 1.165) is 11.1 Å². The maximum atomic E-state index is 12.6. The number of hydrogen-bond donors (Lipinski definition) is 2. The highest BCUT2D eigenvalue weighted by Crippen LogP contribution is 2.30. The van der Waals surface area contributed by atoms with Crippen molar-refractivity contribution in [2.24, 2.45) is 0 Å². The molecular weight excluding hydrogens is 426 g/mol. The van der Waals surface area contributed by atoms with Gasteiger partial charge in [0.05, 0.1) is 5.56 Å². The molecule has 0 spiro atoms. The van der Waals surface area contributed by atoms with Crippen molar-refractivity contribution in [2.45, 2.75) is 25.6 Å². The van der Waals surface area contributed by atoms with Crippen molar-refractivity contribution >= 4 is 22.4 Å². The van der Waals surface area contributed by atoms with E-state index in [4.69, 9.17) is 4.74 Å². The number of rotatable bonds is 7. The molecule has 3 heterocycles. The van der Waals surface area contributed by atoms with Crippen LogP contribution in [0.3, 0.4) is 0 Å². The summed E-state index contributed by atoms with van der Waals surface area (Å²) in [6.07, 6.45) is 4.14. The number of benzene rings is 1. The quantitative estimate of drug-likeness (QED) is 0.438. The fourth-order valence-electron chi connectivity index (χ4n) is 3.01. The van der Waals surface area contributed by atoms with Gasteiger partial charge in [-0.25, -0.2) is 4.98 Å². The standard InChI is InChI=1S/C23H21N5O3S/c1-23(2,30)19(15-6-4-3-5-7-15)31-18-9-8-17(14-25-18)20(29)26-22-28-27-21(32-22)16-10-12-24-13-11-16/h3-14,19,30H,1-2H3,(H,26,28,29)/t19-/m1/s1. The van der Waals surface area contributed by atoms with E-state index in [1.165, 1.54) is 17.5 Å². The van der Waals surface area contributed by atoms with E-state index in [-0.39, 0.29) is 5.91 Å². The lowest BCUT2D eigenvalue weighted by Crippen LogP contribution is -2.33. The number of aliphatic hydroxyl groups is 1. The van der Waals surface area contributed by atoms with Crippen LogP contribution in [0.4, 0.5) is 5.13 Å². The van der Waals surface area contributed by atoms with Gasteiger partial charge >= 0.3 is 0 Å². The Hall–Kier alpha value is -3.69. The Balaban J connectivity index is 1.44. The summed E-state index contributed by atoms with van der Waals surface area (Å²) in [5, 5.41) is 22.5. The van der Waals surface area contributed by atoms with E-state index in [1.54, 1.807) is 38.4 Å². The Morgan fingerprint density at radius 2 is 1.81 bits per heavy atom. The first-order valence-corrected chi connectivity index (χ1v) is 10.7. The molecule has 1 amide bonds. The minimum atomic E-state index is -1.14. The van der Waals surface area contributed by atoms with Crippen molar-refractivity contribution in [3.8, 4) is 16.5 Å². The van der Waals surface area contributed by atoms with E-state index in [9.17, 15) is 9.90 Å². The van der Waals surface area contributed by atoms with Gasteiger partial charge in [-0.05, 0) is 37.6 Å². The van der Waals surface area contributed by atoms with Gasteiger partial charge in [0, 0.05) is 30.2 Å². The zero-order chi connectivity index (χ0) is 22.6. The molecule has 3 aromatic heterocycles. The summed E-state index contributed by atoms with van der Waals surface area (Å²) in [5.74, 6) is -0.0583. The van der Waals surface area contributed by atoms with Crippen LogP contribution in [0.25, 0.3) is 10.6 Å². The number of ether oxygens (including phenoxy) is 1. The zero-order valence-electron chi connectivity index (χ0n) is 17.5. The van der Waals surface area contributed by atoms with Crippen LogP contribution in [0, 0.1) is 0 Å². The average Bonchev–Trinajstić information content (AvgIpc) is 3.27. The van der Waals surface area contributed by atoms with Crippen LogP contribution in [0.1, 0.15) is 35.9 Å². The first-order chi connectivity index (χ1) is 15.4. The molecule has 8 nitrogen and oxygen atoms in total. The number of carbonyl (C=O) groups excluding carboxylic acids is 1. The second kappa shape index (κ2) is 9.21. The lowest BCUT2D eigenvalue weighted by molar-refractivity contribution is -0.0373. The molecule has 1 aromatic carbocycles. The van der Waals surface area contributed by atoms with E-state index in [0.29, 0.717) is 21.6 Å². The van der Waals surface area contributed by atoms with Gasteiger partial charge in [-0.15, -0.1) is 10.2 Å². The Labute approximate surface area is 189 Å². The fraction of sp³-hybridized carbons (Fsp3) is 0.174. The highest BCUT2D eigenvalue weighted by Gasteiger charge is 2.30. The molecule has 0 saturated carbocycles. The van der Waals surface area contributed by atoms with Gasteiger partial charge in [0.15, 0.2) is 6.10 Å². The average molecular weight is 448 g/mol. The maximum Gasteiger partial charge on any atom is 0.259 e. The van der Waals surface area contributed by atoms with Gasteiger partial charge in [0.25, 0.3) is 5.91 Å². The van der Waals surface area contributed by atoms with Crippen LogP contribution >= 0.6 is 11.3 Å². The van der Waals surface area contributed by atoms with Crippen molar-refractivity contribution < 1.29 is 14.6 Å². The van der Waals surface area contributed by atoms with Crippen molar-refractivity contribution in [3.05, 3.63) is 84.3 Å². The van der Waals surface area contributed by atoms with E-state index in [2.05, 4.69) is 25.5 Å². The van der Waals surface area contributed by atoms with Gasteiger partial charge < -0.3 is 9.84 Å². The Morgan fingerprint density at radius 1 is 1.06 bits per heavy atom. The van der Waals surface area contributed by atoms with Crippen molar-refractivity contribution in [2.75, 3.05) is 5.32 Å². The van der Waals surface area contributed by atoms with Crippen LogP contribution in [0.2, 0.25) is 0 Å². The summed E-state index contributed by atoms with van der Waals surface area (Å²) in [6, 6.07) is 16.3. The van der Waals surface area contributed by atoms with Crippen LogP contribution < -0.4 is 10.1 Å². The number of nitrogens with one attached hydrogen (secondary N) is 1. The SMILES string of the molecule is CC(C)(O)[C@H](Oc1ccc(C(=O)Nc2nnc(-c3ccncc3)s2)cn1)c1ccccc1. The Bertz CT molecular complexity index is 1180. The molecule has 0 aliphatic heterocycles. The summed E-state index contributed by atoms with van der Waals surface area (Å²) in [5.41, 5.74) is 0.909. The second-order valence-corrected chi connectivity index (χ2v) is 8.53. The minimum absolute atomic E-state index is 0.299. The van der Waals surface area contributed by atoms with Crippen molar-refractivity contribution in [1.29, 1.82) is 0 Å². The van der Waals surface area contributed by atoms with Crippen molar-refractivity contribution in [3.63, 3.8) is 0 Å². The van der Waals surface area contributed by atoms with Gasteiger partial charge in [-0.3, -0.25) is 15.1 Å². The largest absolute Gasteiger partial charge is 0.466 e. The molecule has 0 unspecified atom stereocenters. The molecule has 0 aliphatic carbocycles. The third kappa shape index (κ3) is 5.13. The number of pyridine rings is 2. The predicted molar refractivity (Wildman–Crippen MR) is 121 cm³/mol. The summed E-state index contributed by atoms with van der Waals surface area (Å²) in [6.45, 7) is 3.35. The Morgan fingerprint density at radius 3 is 2.47 bits per heavy atom. The molecule has 0 saturated heterocycles. The summed E-state index contributed by atoms with van der Waals surface area (Å²) in [7, 11) is 0. The molecule has 9 heteroatoms. The third-order valence-corrected chi connectivity index (χ3v) is 5.44. The smallest absolute Gasteiger partial charge is 0.259 e. The van der Waals surface area contributed by atoms with Gasteiger partial charge in [-0.2, -0.15) is 0 Å². The molecule has 0 fully saturated rings. The number of aromatic nitrogens is 4. The molecule has 4 rings (SSSR count). The predicted octanol–water partition coefficient (Wildman–Crippen LogP) is 4.14. The lowest BCUT2D eigenvalue weighted by atomic mass is 9.95. The second-order valence-electron chi connectivity index (χ2n) is 7.55. The fourth-order valence-corrected chi connectivity index (χ4v) is 3.75. The minimum Gasteiger partial charge on any atom is -0.466 e.